The molecule has 1 amide bonds. The number of hydrogen-bond acceptors (Lipinski definition) is 3. The third-order valence-corrected chi connectivity index (χ3v) is 4.78. The third-order valence-electron chi connectivity index (χ3n) is 4.25. The van der Waals surface area contributed by atoms with Gasteiger partial charge in [0.05, 0.1) is 6.20 Å². The molecule has 1 aliphatic heterocycles. The number of ether oxygens (including phenoxy) is 1. The minimum absolute atomic E-state index is 0.379. The number of benzene rings is 1. The first-order chi connectivity index (χ1) is 11.3. The second kappa shape index (κ2) is 6.33. The molecule has 1 aromatic carbocycles. The van der Waals surface area contributed by atoms with Crippen molar-refractivity contribution in [2.75, 3.05) is 0 Å². The van der Waals surface area contributed by atoms with Crippen LogP contribution in [0.3, 0.4) is 0 Å². The highest BCUT2D eigenvalue weighted by molar-refractivity contribution is 9.10. The van der Waals surface area contributed by atoms with E-state index in [1.54, 1.807) is 0 Å². The number of amides is 1. The van der Waals surface area contributed by atoms with Crippen LogP contribution < -0.4 is 10.6 Å². The van der Waals surface area contributed by atoms with E-state index in [4.69, 9.17) is 4.74 Å². The first-order valence-electron chi connectivity index (χ1n) is 8.18. The molecule has 3 rings (SSSR count). The van der Waals surface area contributed by atoms with E-state index in [2.05, 4.69) is 43.7 Å². The summed E-state index contributed by atoms with van der Waals surface area (Å²) in [5.74, 6) is 0.914. The van der Waals surface area contributed by atoms with Crippen molar-refractivity contribution in [2.45, 2.75) is 51.2 Å². The van der Waals surface area contributed by atoms with Crippen LogP contribution in [0, 0.1) is 0 Å². The van der Waals surface area contributed by atoms with Gasteiger partial charge < -0.3 is 10.1 Å². The molecule has 0 saturated heterocycles. The molecule has 1 aromatic rings. The lowest BCUT2D eigenvalue weighted by Gasteiger charge is -2.40. The molecule has 0 radical (unpaired) electrons. The molecule has 1 aliphatic carbocycles. The molecule has 6 heteroatoms. The molecule has 128 valence electrons. The molecule has 0 spiro atoms. The molecule has 2 aliphatic rings. The number of nitrogens with zero attached hydrogens (tertiary/aromatic N) is 1. The van der Waals surface area contributed by atoms with Crippen LogP contribution in [0.1, 0.15) is 45.6 Å². The van der Waals surface area contributed by atoms with Gasteiger partial charge in [-0.15, -0.1) is 0 Å². The van der Waals surface area contributed by atoms with Gasteiger partial charge in [0.25, 0.3) is 0 Å². The Labute approximate surface area is 150 Å². The number of nitrogens with one attached hydrogen (secondary N) is 1. The summed E-state index contributed by atoms with van der Waals surface area (Å²) in [6, 6.07) is 8.14. The highest BCUT2D eigenvalue weighted by atomic mass is 79.9. The molecule has 1 saturated carbocycles. The lowest BCUT2D eigenvalue weighted by Crippen LogP contribution is -2.91. The minimum Gasteiger partial charge on any atom is -0.444 e. The van der Waals surface area contributed by atoms with Gasteiger partial charge in [-0.3, -0.25) is 5.32 Å². The fraction of sp³-hybridized carbons (Fsp3) is 0.444. The molecule has 1 heterocycles. The number of carbonyl (C=O) groups is 1. The van der Waals surface area contributed by atoms with Gasteiger partial charge in [0.2, 0.25) is 5.84 Å². The number of carbonyl (C=O) groups excluding carboxylic acids is 1. The Bertz CT molecular complexity index is 698. The minimum atomic E-state index is -0.503. The number of rotatable bonds is 3. The van der Waals surface area contributed by atoms with E-state index < -0.39 is 11.1 Å². The molecule has 1 fully saturated rings. The highest BCUT2D eigenvalue weighted by Crippen LogP contribution is 2.33. The maximum absolute atomic E-state index is 12.2. The van der Waals surface area contributed by atoms with E-state index in [0.29, 0.717) is 0 Å². The Kier molecular flexibility index (Phi) is 4.53. The third kappa shape index (κ3) is 3.70. The van der Waals surface area contributed by atoms with Gasteiger partial charge in [-0.25, -0.2) is 9.79 Å². The zero-order valence-corrected chi connectivity index (χ0v) is 15.8. The number of nitrogens with two attached hydrogens (primary N) is 1. The molecule has 0 atom stereocenters. The predicted molar refractivity (Wildman–Crippen MR) is 97.4 cm³/mol. The monoisotopic (exact) mass is 392 g/mol. The standard InChI is InChI=1S/C18H22BrN3O2/c1-17(2,3)24-16(23)22-18(9-4-10-18)15-20-11-14(21-15)12-5-7-13(19)8-6-12/h5-8,11H,4,9-10H2,1-3H3,(H,20,21)(H,22,23)/p+1. The van der Waals surface area contributed by atoms with E-state index in [1.165, 1.54) is 0 Å². The number of aliphatic imine (C=N–C) groups is 1. The van der Waals surface area contributed by atoms with Crippen molar-refractivity contribution in [3.05, 3.63) is 40.5 Å². The van der Waals surface area contributed by atoms with Crippen LogP contribution in [-0.2, 0) is 4.74 Å². The number of halogens is 1. The molecule has 5 nitrogen and oxygen atoms in total. The zero-order valence-electron chi connectivity index (χ0n) is 14.2. The number of hydrogen-bond donors (Lipinski definition) is 2. The molecule has 0 bridgehead atoms. The van der Waals surface area contributed by atoms with Gasteiger partial charge in [-0.05, 0) is 64.3 Å². The Morgan fingerprint density at radius 2 is 1.96 bits per heavy atom. The van der Waals surface area contributed by atoms with Crippen molar-refractivity contribution < 1.29 is 14.8 Å². The van der Waals surface area contributed by atoms with Crippen molar-refractivity contribution in [1.29, 1.82) is 0 Å². The highest BCUT2D eigenvalue weighted by Gasteiger charge is 2.48. The summed E-state index contributed by atoms with van der Waals surface area (Å²) in [7, 11) is 0. The average molecular weight is 393 g/mol. The summed E-state index contributed by atoms with van der Waals surface area (Å²) in [5, 5.41) is 5.11. The van der Waals surface area contributed by atoms with Crippen LogP contribution in [0.2, 0.25) is 0 Å². The van der Waals surface area contributed by atoms with Crippen LogP contribution in [0.15, 0.2) is 39.9 Å². The van der Waals surface area contributed by atoms with Gasteiger partial charge in [-0.1, -0.05) is 15.9 Å². The average Bonchev–Trinajstić information content (AvgIpc) is 2.91. The summed E-state index contributed by atoms with van der Waals surface area (Å²) < 4.78 is 6.46. The summed E-state index contributed by atoms with van der Waals surface area (Å²) >= 11 is 3.45. The van der Waals surface area contributed by atoms with Crippen molar-refractivity contribution in [3.63, 3.8) is 0 Å². The van der Waals surface area contributed by atoms with Gasteiger partial charge in [0.15, 0.2) is 5.70 Å². The maximum atomic E-state index is 12.2. The number of quaternary nitrogens is 1. The van der Waals surface area contributed by atoms with E-state index in [1.807, 2.05) is 39.1 Å². The molecular weight excluding hydrogens is 370 g/mol. The lowest BCUT2D eigenvalue weighted by molar-refractivity contribution is -0.438. The van der Waals surface area contributed by atoms with Gasteiger partial charge in [0, 0.05) is 10.0 Å². The summed E-state index contributed by atoms with van der Waals surface area (Å²) in [5.41, 5.74) is 1.28. The van der Waals surface area contributed by atoms with Crippen molar-refractivity contribution in [3.8, 4) is 0 Å². The second-order valence-electron chi connectivity index (χ2n) is 7.31. The van der Waals surface area contributed by atoms with Crippen LogP contribution in [-0.4, -0.2) is 23.1 Å². The van der Waals surface area contributed by atoms with Gasteiger partial charge >= 0.3 is 6.09 Å². The van der Waals surface area contributed by atoms with Crippen molar-refractivity contribution in [2.24, 2.45) is 4.99 Å². The Hall–Kier alpha value is -1.66. The maximum Gasteiger partial charge on any atom is 0.408 e. The van der Waals surface area contributed by atoms with Crippen LogP contribution in [0.4, 0.5) is 4.79 Å². The molecule has 3 N–H and O–H groups in total. The van der Waals surface area contributed by atoms with Crippen LogP contribution >= 0.6 is 15.9 Å². The van der Waals surface area contributed by atoms with E-state index >= 15 is 0 Å². The van der Waals surface area contributed by atoms with Gasteiger partial charge in [0.1, 0.15) is 11.1 Å². The second-order valence-corrected chi connectivity index (χ2v) is 8.23. The summed E-state index contributed by atoms with van der Waals surface area (Å²) in [6.45, 7) is 5.60. The van der Waals surface area contributed by atoms with E-state index in [9.17, 15) is 4.79 Å². The number of amidine groups is 1. The topological polar surface area (TPSA) is 67.3 Å². The van der Waals surface area contributed by atoms with E-state index in [0.717, 1.165) is 40.8 Å². The predicted octanol–water partition coefficient (Wildman–Crippen LogP) is 3.17. The first-order valence-corrected chi connectivity index (χ1v) is 8.97. The molecule has 24 heavy (non-hydrogen) atoms. The lowest BCUT2D eigenvalue weighted by atomic mass is 9.75. The Morgan fingerprint density at radius 3 is 2.50 bits per heavy atom. The smallest absolute Gasteiger partial charge is 0.408 e. The quantitative estimate of drug-likeness (QED) is 0.829. The van der Waals surface area contributed by atoms with Crippen molar-refractivity contribution >= 4 is 33.6 Å². The van der Waals surface area contributed by atoms with E-state index in [-0.39, 0.29) is 6.09 Å². The zero-order chi connectivity index (χ0) is 17.4. The van der Waals surface area contributed by atoms with Crippen molar-refractivity contribution in [1.82, 2.24) is 5.32 Å². The fourth-order valence-electron chi connectivity index (χ4n) is 2.90. The largest absolute Gasteiger partial charge is 0.444 e. The van der Waals surface area contributed by atoms with Gasteiger partial charge in [-0.2, -0.15) is 0 Å². The van der Waals surface area contributed by atoms with Crippen LogP contribution in [0.5, 0.6) is 0 Å². The molecule has 0 aromatic heterocycles. The SMILES string of the molecule is CC(C)(C)OC(=O)NC1(C2=NC=C(c3ccc(Br)cc3)[NH2+]2)CCC1. The normalized spacial score (nSPS) is 19.2. The molecule has 0 unspecified atom stereocenters. The number of alkyl carbamates (subject to hydrolysis) is 1. The fourth-order valence-corrected chi connectivity index (χ4v) is 3.16. The summed E-state index contributed by atoms with van der Waals surface area (Å²) in [6.07, 6.45) is 4.35. The Balaban J connectivity index is 1.67. The molecular formula is C18H23BrN3O2+. The summed E-state index contributed by atoms with van der Waals surface area (Å²) in [4.78, 5) is 16.8. The Morgan fingerprint density at radius 1 is 1.29 bits per heavy atom. The van der Waals surface area contributed by atoms with Crippen LogP contribution in [0.25, 0.3) is 5.70 Å². The first kappa shape index (κ1) is 17.2.